The summed E-state index contributed by atoms with van der Waals surface area (Å²) in [5.41, 5.74) is 3.86. The lowest BCUT2D eigenvalue weighted by Crippen LogP contribution is -2.25. The Morgan fingerprint density at radius 1 is 0.909 bits per heavy atom. The Morgan fingerprint density at radius 3 is 1.86 bits per heavy atom. The van der Waals surface area contributed by atoms with Gasteiger partial charge in [0.25, 0.3) is 0 Å². The van der Waals surface area contributed by atoms with Gasteiger partial charge in [0.1, 0.15) is 0 Å². The van der Waals surface area contributed by atoms with Crippen molar-refractivity contribution in [1.82, 2.24) is 0 Å². The standard InChI is InChI=1S/C20H19NO/c1-3-17-5-7-18(8-6-17)9-10-19-11-13-20(14-12-19)21(4-2)15-16-22/h1,5-8,11-14,22H,4,15-16H2,2H3. The topological polar surface area (TPSA) is 23.5 Å². The maximum absolute atomic E-state index is 9.06. The van der Waals surface area contributed by atoms with Gasteiger partial charge < -0.3 is 10.0 Å². The van der Waals surface area contributed by atoms with Crippen LogP contribution < -0.4 is 4.90 Å². The second-order valence-corrected chi connectivity index (χ2v) is 4.82. The van der Waals surface area contributed by atoms with Gasteiger partial charge in [0, 0.05) is 35.5 Å². The molecular weight excluding hydrogens is 270 g/mol. The molecule has 0 unspecified atom stereocenters. The molecule has 1 N–H and O–H groups in total. The number of anilines is 1. The van der Waals surface area contributed by atoms with Gasteiger partial charge in [0.15, 0.2) is 0 Å². The van der Waals surface area contributed by atoms with Crippen LogP contribution in [0.2, 0.25) is 0 Å². The van der Waals surface area contributed by atoms with Crippen LogP contribution in [0.3, 0.4) is 0 Å². The molecule has 2 aromatic rings. The lowest BCUT2D eigenvalue weighted by molar-refractivity contribution is 0.302. The van der Waals surface area contributed by atoms with Gasteiger partial charge in [-0.05, 0) is 55.5 Å². The Labute approximate surface area is 132 Å². The Morgan fingerprint density at radius 2 is 1.41 bits per heavy atom. The molecule has 0 bridgehead atoms. The van der Waals surface area contributed by atoms with E-state index in [-0.39, 0.29) is 6.61 Å². The number of hydrogen-bond donors (Lipinski definition) is 1. The fraction of sp³-hybridized carbons (Fsp3) is 0.200. The van der Waals surface area contributed by atoms with E-state index in [9.17, 15) is 0 Å². The van der Waals surface area contributed by atoms with Crippen LogP contribution in [0.15, 0.2) is 48.5 Å². The third kappa shape index (κ3) is 4.16. The van der Waals surface area contributed by atoms with Crippen LogP contribution in [-0.2, 0) is 0 Å². The smallest absolute Gasteiger partial charge is 0.0606 e. The van der Waals surface area contributed by atoms with E-state index >= 15 is 0 Å². The molecule has 0 amide bonds. The van der Waals surface area contributed by atoms with Crippen molar-refractivity contribution in [2.24, 2.45) is 0 Å². The summed E-state index contributed by atoms with van der Waals surface area (Å²) in [5.74, 6) is 8.86. The van der Waals surface area contributed by atoms with E-state index in [0.29, 0.717) is 6.54 Å². The van der Waals surface area contributed by atoms with Crippen molar-refractivity contribution in [3.8, 4) is 24.2 Å². The summed E-state index contributed by atoms with van der Waals surface area (Å²) >= 11 is 0. The minimum Gasteiger partial charge on any atom is -0.395 e. The molecule has 0 saturated heterocycles. The van der Waals surface area contributed by atoms with E-state index in [0.717, 1.165) is 28.9 Å². The van der Waals surface area contributed by atoms with E-state index in [1.54, 1.807) is 0 Å². The fourth-order valence-corrected chi connectivity index (χ4v) is 2.14. The Kier molecular flexibility index (Phi) is 5.66. The van der Waals surface area contributed by atoms with Crippen LogP contribution in [0.5, 0.6) is 0 Å². The van der Waals surface area contributed by atoms with Crippen LogP contribution in [-0.4, -0.2) is 24.8 Å². The number of terminal acetylenes is 1. The van der Waals surface area contributed by atoms with Gasteiger partial charge in [-0.15, -0.1) is 6.42 Å². The van der Waals surface area contributed by atoms with Crippen molar-refractivity contribution >= 4 is 5.69 Å². The molecule has 22 heavy (non-hydrogen) atoms. The van der Waals surface area contributed by atoms with Crippen LogP contribution >= 0.6 is 0 Å². The molecule has 0 aromatic heterocycles. The molecule has 0 fully saturated rings. The van der Waals surface area contributed by atoms with Crippen LogP contribution in [0.4, 0.5) is 5.69 Å². The number of rotatable bonds is 4. The predicted octanol–water partition coefficient (Wildman–Crippen LogP) is 2.89. The monoisotopic (exact) mass is 289 g/mol. The second kappa shape index (κ2) is 7.93. The minimum atomic E-state index is 0.156. The lowest BCUT2D eigenvalue weighted by Gasteiger charge is -2.21. The molecule has 0 aliphatic rings. The quantitative estimate of drug-likeness (QED) is 0.875. The zero-order chi connectivity index (χ0) is 15.8. The molecule has 0 atom stereocenters. The van der Waals surface area contributed by atoms with Crippen molar-refractivity contribution in [3.05, 3.63) is 65.2 Å². The van der Waals surface area contributed by atoms with Crippen molar-refractivity contribution in [1.29, 1.82) is 0 Å². The summed E-state index contributed by atoms with van der Waals surface area (Å²) in [4.78, 5) is 2.12. The van der Waals surface area contributed by atoms with Crippen molar-refractivity contribution in [3.63, 3.8) is 0 Å². The fourth-order valence-electron chi connectivity index (χ4n) is 2.14. The van der Waals surface area contributed by atoms with Gasteiger partial charge in [-0.25, -0.2) is 0 Å². The SMILES string of the molecule is C#Cc1ccc(C#Cc2ccc(N(CC)CCO)cc2)cc1. The maximum atomic E-state index is 9.06. The molecule has 2 rings (SSSR count). The van der Waals surface area contributed by atoms with Crippen molar-refractivity contribution in [2.75, 3.05) is 24.6 Å². The largest absolute Gasteiger partial charge is 0.395 e. The number of nitrogens with zero attached hydrogens (tertiary/aromatic N) is 1. The highest BCUT2D eigenvalue weighted by Crippen LogP contribution is 2.14. The van der Waals surface area contributed by atoms with Gasteiger partial charge in [-0.1, -0.05) is 17.8 Å². The molecule has 0 saturated carbocycles. The minimum absolute atomic E-state index is 0.156. The normalized spacial score (nSPS) is 9.50. The lowest BCUT2D eigenvalue weighted by atomic mass is 10.1. The first-order valence-corrected chi connectivity index (χ1v) is 7.31. The molecular formula is C20H19NO. The first kappa shape index (κ1) is 15.7. The number of aliphatic hydroxyl groups is 1. The third-order valence-electron chi connectivity index (χ3n) is 3.39. The van der Waals surface area contributed by atoms with E-state index in [1.807, 2.05) is 48.5 Å². The van der Waals surface area contributed by atoms with Crippen LogP contribution in [0, 0.1) is 24.2 Å². The molecule has 0 aliphatic heterocycles. The van der Waals surface area contributed by atoms with E-state index in [4.69, 9.17) is 11.5 Å². The number of hydrogen-bond acceptors (Lipinski definition) is 2. The zero-order valence-corrected chi connectivity index (χ0v) is 12.7. The van der Waals surface area contributed by atoms with Gasteiger partial charge in [0.05, 0.1) is 6.61 Å². The van der Waals surface area contributed by atoms with Crippen LogP contribution in [0.25, 0.3) is 0 Å². The summed E-state index contributed by atoms with van der Waals surface area (Å²) in [6, 6.07) is 15.7. The summed E-state index contributed by atoms with van der Waals surface area (Å²) in [6.45, 7) is 3.74. The van der Waals surface area contributed by atoms with Crippen molar-refractivity contribution < 1.29 is 5.11 Å². The molecule has 0 radical (unpaired) electrons. The molecule has 0 aliphatic carbocycles. The number of likely N-dealkylation sites (N-methyl/N-ethyl adjacent to an activating group) is 1. The highest BCUT2D eigenvalue weighted by atomic mass is 16.3. The maximum Gasteiger partial charge on any atom is 0.0606 e. The van der Waals surface area contributed by atoms with E-state index in [1.165, 1.54) is 0 Å². The summed E-state index contributed by atoms with van der Waals surface area (Å²) in [7, 11) is 0. The zero-order valence-electron chi connectivity index (χ0n) is 12.7. The summed E-state index contributed by atoms with van der Waals surface area (Å²) in [6.07, 6.45) is 5.33. The highest BCUT2D eigenvalue weighted by Gasteiger charge is 2.02. The molecule has 2 nitrogen and oxygen atoms in total. The molecule has 2 aromatic carbocycles. The van der Waals surface area contributed by atoms with E-state index < -0.39 is 0 Å². The van der Waals surface area contributed by atoms with Crippen LogP contribution in [0.1, 0.15) is 23.6 Å². The highest BCUT2D eigenvalue weighted by molar-refractivity contribution is 5.52. The van der Waals surface area contributed by atoms with Crippen molar-refractivity contribution in [2.45, 2.75) is 6.92 Å². The molecule has 0 heterocycles. The number of aliphatic hydroxyl groups excluding tert-OH is 1. The summed E-state index contributed by atoms with van der Waals surface area (Å²) < 4.78 is 0. The van der Waals surface area contributed by atoms with Gasteiger partial charge in [-0.2, -0.15) is 0 Å². The average molecular weight is 289 g/mol. The third-order valence-corrected chi connectivity index (χ3v) is 3.39. The average Bonchev–Trinajstić information content (AvgIpc) is 2.59. The molecule has 2 heteroatoms. The molecule has 0 spiro atoms. The Hall–Kier alpha value is -2.68. The van der Waals surface area contributed by atoms with E-state index in [2.05, 4.69) is 29.6 Å². The molecule has 110 valence electrons. The Bertz CT molecular complexity index is 697. The first-order chi connectivity index (χ1) is 10.8. The van der Waals surface area contributed by atoms with Gasteiger partial charge in [-0.3, -0.25) is 0 Å². The Balaban J connectivity index is 2.11. The number of benzene rings is 2. The first-order valence-electron chi connectivity index (χ1n) is 7.31. The van der Waals surface area contributed by atoms with Gasteiger partial charge >= 0.3 is 0 Å². The second-order valence-electron chi connectivity index (χ2n) is 4.82. The predicted molar refractivity (Wildman–Crippen MR) is 91.8 cm³/mol. The summed E-state index contributed by atoms with van der Waals surface area (Å²) in [5, 5.41) is 9.06. The van der Waals surface area contributed by atoms with Gasteiger partial charge in [0.2, 0.25) is 0 Å².